The first-order chi connectivity index (χ1) is 12.5. The smallest absolute Gasteiger partial charge is 0.387 e. The number of anilines is 1. The molecule has 0 saturated heterocycles. The van der Waals surface area contributed by atoms with Crippen LogP contribution in [0.3, 0.4) is 0 Å². The molecule has 1 amide bonds. The molecule has 1 aromatic carbocycles. The van der Waals surface area contributed by atoms with Crippen LogP contribution in [-0.2, 0) is 14.8 Å². The minimum atomic E-state index is -4.04. The zero-order valence-electron chi connectivity index (χ0n) is 14.4. The molecule has 2 aromatic rings. The van der Waals surface area contributed by atoms with E-state index in [4.69, 9.17) is 16.1 Å². The zero-order valence-corrected chi connectivity index (χ0v) is 16.0. The summed E-state index contributed by atoms with van der Waals surface area (Å²) in [5.74, 6) is -0.852. The molecule has 0 saturated carbocycles. The molecule has 0 bridgehead atoms. The summed E-state index contributed by atoms with van der Waals surface area (Å²) < 4.78 is 60.5. The van der Waals surface area contributed by atoms with Gasteiger partial charge in [0.2, 0.25) is 15.9 Å². The number of aromatic nitrogens is 1. The minimum absolute atomic E-state index is 0.0917. The van der Waals surface area contributed by atoms with Crippen molar-refractivity contribution in [3.8, 4) is 5.75 Å². The van der Waals surface area contributed by atoms with Crippen molar-refractivity contribution in [2.24, 2.45) is 0 Å². The van der Waals surface area contributed by atoms with Crippen molar-refractivity contribution in [1.82, 2.24) is 9.88 Å². The summed E-state index contributed by atoms with van der Waals surface area (Å²) in [6.45, 7) is 1.19. The van der Waals surface area contributed by atoms with E-state index in [1.165, 1.54) is 32.9 Å². The van der Waals surface area contributed by atoms with E-state index in [2.05, 4.69) is 19.9 Å². The van der Waals surface area contributed by atoms with Crippen LogP contribution >= 0.6 is 11.6 Å². The summed E-state index contributed by atoms with van der Waals surface area (Å²) in [5, 5.41) is 5.85. The van der Waals surface area contributed by atoms with Crippen LogP contribution in [0.2, 0.25) is 5.02 Å². The highest BCUT2D eigenvalue weighted by molar-refractivity contribution is 7.89. The number of alkyl halides is 2. The van der Waals surface area contributed by atoms with Gasteiger partial charge in [-0.2, -0.15) is 13.5 Å². The van der Waals surface area contributed by atoms with E-state index in [0.29, 0.717) is 0 Å². The summed E-state index contributed by atoms with van der Waals surface area (Å²) in [6, 6.07) is 2.49. The molecular formula is C15H16ClF2N3O5S. The highest BCUT2D eigenvalue weighted by Crippen LogP contribution is 2.29. The first-order valence-corrected chi connectivity index (χ1v) is 9.38. The van der Waals surface area contributed by atoms with Gasteiger partial charge in [-0.1, -0.05) is 16.8 Å². The van der Waals surface area contributed by atoms with Gasteiger partial charge in [0.05, 0.1) is 11.1 Å². The molecule has 27 heavy (non-hydrogen) atoms. The number of carbonyl (C=O) groups is 1. The lowest BCUT2D eigenvalue weighted by atomic mass is 10.2. The fourth-order valence-corrected chi connectivity index (χ4v) is 3.98. The maximum Gasteiger partial charge on any atom is 0.387 e. The Morgan fingerprint density at radius 3 is 2.52 bits per heavy atom. The van der Waals surface area contributed by atoms with Crippen LogP contribution < -0.4 is 14.8 Å². The van der Waals surface area contributed by atoms with E-state index >= 15 is 0 Å². The molecule has 12 heteroatoms. The van der Waals surface area contributed by atoms with Gasteiger partial charge in [-0.3, -0.25) is 4.79 Å². The summed E-state index contributed by atoms with van der Waals surface area (Å²) in [5.41, 5.74) is 0.337. The van der Waals surface area contributed by atoms with Crippen molar-refractivity contribution in [3.05, 3.63) is 34.7 Å². The number of aryl methyl sites for hydroxylation is 2. The molecule has 1 heterocycles. The van der Waals surface area contributed by atoms with Gasteiger partial charge in [0, 0.05) is 5.69 Å². The Balaban J connectivity index is 2.09. The Kier molecular flexibility index (Phi) is 6.39. The molecule has 0 aliphatic carbocycles. The molecule has 2 N–H and O–H groups in total. The molecule has 1 atom stereocenters. The van der Waals surface area contributed by atoms with Gasteiger partial charge in [0.25, 0.3) is 0 Å². The van der Waals surface area contributed by atoms with Gasteiger partial charge in [-0.25, -0.2) is 8.42 Å². The lowest BCUT2D eigenvalue weighted by Crippen LogP contribution is -2.41. The number of rotatable bonds is 7. The van der Waals surface area contributed by atoms with Gasteiger partial charge < -0.3 is 14.6 Å². The molecule has 148 valence electrons. The molecule has 0 fully saturated rings. The van der Waals surface area contributed by atoms with Crippen LogP contribution in [0.1, 0.15) is 18.4 Å². The molecule has 2 rings (SSSR count). The maximum atomic E-state index is 12.4. The van der Waals surface area contributed by atoms with Gasteiger partial charge in [-0.15, -0.1) is 0 Å². The van der Waals surface area contributed by atoms with E-state index in [0.717, 1.165) is 6.07 Å². The fraction of sp³-hybridized carbons (Fsp3) is 0.333. The molecule has 0 aliphatic rings. The zero-order chi connectivity index (χ0) is 20.4. The monoisotopic (exact) mass is 423 g/mol. The first-order valence-electron chi connectivity index (χ1n) is 7.51. The molecule has 0 spiro atoms. The van der Waals surface area contributed by atoms with E-state index in [9.17, 15) is 22.0 Å². The normalized spacial score (nSPS) is 12.9. The van der Waals surface area contributed by atoms with Crippen LogP contribution in [0.4, 0.5) is 14.5 Å². The van der Waals surface area contributed by atoms with E-state index < -0.39 is 28.6 Å². The fourth-order valence-electron chi connectivity index (χ4n) is 2.22. The topological polar surface area (TPSA) is 111 Å². The summed E-state index contributed by atoms with van der Waals surface area (Å²) in [7, 11) is -4.04. The quantitative estimate of drug-likeness (QED) is 0.708. The Bertz CT molecular complexity index is 929. The third-order valence-electron chi connectivity index (χ3n) is 3.38. The van der Waals surface area contributed by atoms with Gasteiger partial charge in [0.15, 0.2) is 5.76 Å². The Morgan fingerprint density at radius 1 is 1.33 bits per heavy atom. The van der Waals surface area contributed by atoms with E-state index in [-0.39, 0.29) is 32.8 Å². The first kappa shape index (κ1) is 21.1. The van der Waals surface area contributed by atoms with Crippen LogP contribution in [0.5, 0.6) is 5.75 Å². The van der Waals surface area contributed by atoms with Crippen LogP contribution in [-0.4, -0.2) is 32.1 Å². The highest BCUT2D eigenvalue weighted by Gasteiger charge is 2.28. The second-order valence-corrected chi connectivity index (χ2v) is 7.57. The minimum Gasteiger partial charge on any atom is -0.433 e. The molecule has 1 aromatic heterocycles. The number of hydrogen-bond donors (Lipinski definition) is 2. The van der Waals surface area contributed by atoms with Crippen molar-refractivity contribution in [3.63, 3.8) is 0 Å². The third-order valence-corrected chi connectivity index (χ3v) is 5.46. The number of nitrogens with one attached hydrogen (secondary N) is 2. The van der Waals surface area contributed by atoms with Crippen LogP contribution in [0, 0.1) is 13.8 Å². The predicted octanol–water partition coefficient (Wildman–Crippen LogP) is 2.85. The number of ether oxygens (including phenoxy) is 1. The van der Waals surface area contributed by atoms with Gasteiger partial charge in [-0.05, 0) is 39.0 Å². The lowest BCUT2D eigenvalue weighted by molar-refractivity contribution is -0.117. The number of amides is 1. The number of benzene rings is 1. The molecule has 1 unspecified atom stereocenters. The Hall–Kier alpha value is -2.24. The molecule has 0 radical (unpaired) electrons. The second kappa shape index (κ2) is 8.19. The largest absolute Gasteiger partial charge is 0.433 e. The van der Waals surface area contributed by atoms with Gasteiger partial charge in [0.1, 0.15) is 16.3 Å². The second-order valence-electron chi connectivity index (χ2n) is 5.51. The number of sulfonamides is 1. The summed E-state index contributed by atoms with van der Waals surface area (Å²) in [6.07, 6.45) is 0. The lowest BCUT2D eigenvalue weighted by Gasteiger charge is -2.15. The van der Waals surface area contributed by atoms with Crippen molar-refractivity contribution in [2.45, 2.75) is 38.3 Å². The van der Waals surface area contributed by atoms with Crippen LogP contribution in [0.15, 0.2) is 27.6 Å². The number of halogens is 3. The highest BCUT2D eigenvalue weighted by atomic mass is 35.5. The number of carbonyl (C=O) groups excluding carboxylic acids is 1. The van der Waals surface area contributed by atoms with Crippen molar-refractivity contribution in [2.75, 3.05) is 5.32 Å². The predicted molar refractivity (Wildman–Crippen MR) is 92.5 cm³/mol. The van der Waals surface area contributed by atoms with Gasteiger partial charge >= 0.3 is 6.61 Å². The molecule has 8 nitrogen and oxygen atoms in total. The van der Waals surface area contributed by atoms with E-state index in [1.54, 1.807) is 0 Å². The molecule has 0 aliphatic heterocycles. The maximum absolute atomic E-state index is 12.4. The van der Waals surface area contributed by atoms with E-state index in [1.807, 2.05) is 0 Å². The summed E-state index contributed by atoms with van der Waals surface area (Å²) >= 11 is 5.81. The van der Waals surface area contributed by atoms with Crippen molar-refractivity contribution >= 4 is 33.2 Å². The third kappa shape index (κ3) is 5.15. The van der Waals surface area contributed by atoms with Crippen molar-refractivity contribution < 1.29 is 31.3 Å². The average molecular weight is 424 g/mol. The Labute approximate surface area is 158 Å². The van der Waals surface area contributed by atoms with Crippen LogP contribution in [0.25, 0.3) is 0 Å². The molecular weight excluding hydrogens is 408 g/mol. The summed E-state index contributed by atoms with van der Waals surface area (Å²) in [4.78, 5) is 12.1. The SMILES string of the molecule is Cc1noc(C)c1S(=O)(=O)NC(C)C(=O)Nc1ccc(OC(F)F)c(Cl)c1. The standard InChI is InChI=1S/C15H16ClF2N3O5S/c1-7-13(9(3)26-20-7)27(23,24)21-8(2)14(22)19-10-4-5-12(11(16)6-10)25-15(17)18/h4-6,8,15,21H,1-3H3,(H,19,22). The Morgan fingerprint density at radius 2 is 2.00 bits per heavy atom. The number of nitrogens with zero attached hydrogens (tertiary/aromatic N) is 1. The van der Waals surface area contributed by atoms with Crippen molar-refractivity contribution in [1.29, 1.82) is 0 Å². The number of hydrogen-bond acceptors (Lipinski definition) is 6. The average Bonchev–Trinajstić information content (AvgIpc) is 2.88.